The molecular formula is C13H18N2O3S. The van der Waals surface area contributed by atoms with Crippen molar-refractivity contribution in [3.05, 3.63) is 29.8 Å². The second-order valence-corrected chi connectivity index (χ2v) is 6.72. The molecule has 1 unspecified atom stereocenters. The number of aryl methyl sites for hydroxylation is 1. The van der Waals surface area contributed by atoms with Gasteiger partial charge in [0.1, 0.15) is 0 Å². The number of amides is 1. The van der Waals surface area contributed by atoms with E-state index in [9.17, 15) is 13.2 Å². The summed E-state index contributed by atoms with van der Waals surface area (Å²) < 4.78 is 26.4. The Bertz CT molecular complexity index is 583. The van der Waals surface area contributed by atoms with E-state index in [0.29, 0.717) is 24.4 Å². The molecule has 1 N–H and O–H groups in total. The SMILES string of the molecule is CC(=O)NC1CCN(S(=O)(=O)c2ccccc2C)C1. The molecule has 1 atom stereocenters. The number of hydrogen-bond donors (Lipinski definition) is 1. The Morgan fingerprint density at radius 3 is 2.68 bits per heavy atom. The zero-order valence-corrected chi connectivity index (χ0v) is 11.9. The van der Waals surface area contributed by atoms with E-state index < -0.39 is 10.0 Å². The van der Waals surface area contributed by atoms with Crippen LogP contribution in [0, 0.1) is 6.92 Å². The zero-order valence-electron chi connectivity index (χ0n) is 11.1. The number of benzene rings is 1. The van der Waals surface area contributed by atoms with Crippen molar-refractivity contribution in [2.75, 3.05) is 13.1 Å². The number of sulfonamides is 1. The summed E-state index contributed by atoms with van der Waals surface area (Å²) in [7, 11) is -3.46. The van der Waals surface area contributed by atoms with Gasteiger partial charge in [-0.25, -0.2) is 8.42 Å². The fourth-order valence-electron chi connectivity index (χ4n) is 2.34. The number of rotatable bonds is 3. The highest BCUT2D eigenvalue weighted by Gasteiger charge is 2.33. The van der Waals surface area contributed by atoms with Crippen LogP contribution < -0.4 is 5.32 Å². The molecule has 104 valence electrons. The van der Waals surface area contributed by atoms with Crippen LogP contribution in [0.15, 0.2) is 29.2 Å². The van der Waals surface area contributed by atoms with Crippen molar-refractivity contribution in [2.24, 2.45) is 0 Å². The maximum absolute atomic E-state index is 12.5. The number of nitrogens with one attached hydrogen (secondary N) is 1. The van der Waals surface area contributed by atoms with Crippen molar-refractivity contribution >= 4 is 15.9 Å². The summed E-state index contributed by atoms with van der Waals surface area (Å²) in [5.41, 5.74) is 0.741. The largest absolute Gasteiger partial charge is 0.352 e. The average Bonchev–Trinajstić information content (AvgIpc) is 2.77. The molecule has 0 radical (unpaired) electrons. The van der Waals surface area contributed by atoms with E-state index in [4.69, 9.17) is 0 Å². The van der Waals surface area contributed by atoms with E-state index in [0.717, 1.165) is 5.56 Å². The molecule has 1 saturated heterocycles. The quantitative estimate of drug-likeness (QED) is 0.895. The van der Waals surface area contributed by atoms with Crippen molar-refractivity contribution in [3.63, 3.8) is 0 Å². The first-order valence-electron chi connectivity index (χ1n) is 6.24. The van der Waals surface area contributed by atoms with Gasteiger partial charge in [-0.2, -0.15) is 4.31 Å². The molecule has 0 spiro atoms. The first-order chi connectivity index (χ1) is 8.91. The summed E-state index contributed by atoms with van der Waals surface area (Å²) in [5, 5.41) is 2.76. The van der Waals surface area contributed by atoms with Gasteiger partial charge in [-0.15, -0.1) is 0 Å². The van der Waals surface area contributed by atoms with Crippen LogP contribution in [0.3, 0.4) is 0 Å². The minimum absolute atomic E-state index is 0.0868. The average molecular weight is 282 g/mol. The highest BCUT2D eigenvalue weighted by atomic mass is 32.2. The molecule has 1 aromatic rings. The maximum Gasteiger partial charge on any atom is 0.243 e. The molecule has 0 aromatic heterocycles. The van der Waals surface area contributed by atoms with Gasteiger partial charge in [0.2, 0.25) is 15.9 Å². The number of carbonyl (C=O) groups is 1. The van der Waals surface area contributed by atoms with Crippen molar-refractivity contribution < 1.29 is 13.2 Å². The lowest BCUT2D eigenvalue weighted by Gasteiger charge is -2.18. The normalized spacial score (nSPS) is 20.4. The van der Waals surface area contributed by atoms with Gasteiger partial charge in [0.15, 0.2) is 0 Å². The van der Waals surface area contributed by atoms with Crippen LogP contribution in [0.25, 0.3) is 0 Å². The molecule has 1 aliphatic rings. The van der Waals surface area contributed by atoms with Gasteiger partial charge in [-0.1, -0.05) is 18.2 Å². The minimum Gasteiger partial charge on any atom is -0.352 e. The molecule has 2 rings (SSSR count). The lowest BCUT2D eigenvalue weighted by atomic mass is 10.2. The Labute approximate surface area is 113 Å². The fourth-order valence-corrected chi connectivity index (χ4v) is 4.06. The van der Waals surface area contributed by atoms with Gasteiger partial charge in [-0.05, 0) is 25.0 Å². The molecule has 0 bridgehead atoms. The van der Waals surface area contributed by atoms with Gasteiger partial charge in [-0.3, -0.25) is 4.79 Å². The van der Waals surface area contributed by atoms with Crippen LogP contribution in [0.1, 0.15) is 18.9 Å². The first kappa shape index (κ1) is 14.0. The maximum atomic E-state index is 12.5. The molecule has 1 heterocycles. The van der Waals surface area contributed by atoms with Crippen molar-refractivity contribution in [1.82, 2.24) is 9.62 Å². The van der Waals surface area contributed by atoms with Crippen LogP contribution in [0.5, 0.6) is 0 Å². The first-order valence-corrected chi connectivity index (χ1v) is 7.68. The molecular weight excluding hydrogens is 264 g/mol. The van der Waals surface area contributed by atoms with Crippen molar-refractivity contribution in [3.8, 4) is 0 Å². The Kier molecular flexibility index (Phi) is 3.91. The Morgan fingerprint density at radius 2 is 2.05 bits per heavy atom. The summed E-state index contributed by atoms with van der Waals surface area (Å²) in [6.07, 6.45) is 0.657. The van der Waals surface area contributed by atoms with E-state index in [1.54, 1.807) is 25.1 Å². The number of hydrogen-bond acceptors (Lipinski definition) is 3. The van der Waals surface area contributed by atoms with Crippen LogP contribution in [-0.2, 0) is 14.8 Å². The summed E-state index contributed by atoms with van der Waals surface area (Å²) in [4.78, 5) is 11.3. The standard InChI is InChI=1S/C13H18N2O3S/c1-10-5-3-4-6-13(10)19(17,18)15-8-7-12(9-15)14-11(2)16/h3-6,12H,7-9H2,1-2H3,(H,14,16). The smallest absolute Gasteiger partial charge is 0.243 e. The van der Waals surface area contributed by atoms with Gasteiger partial charge in [0, 0.05) is 26.1 Å². The van der Waals surface area contributed by atoms with Gasteiger partial charge in [0.05, 0.1) is 4.90 Å². The third-order valence-electron chi connectivity index (χ3n) is 3.27. The second kappa shape index (κ2) is 5.30. The Balaban J connectivity index is 2.19. The summed E-state index contributed by atoms with van der Waals surface area (Å²) in [6.45, 7) is 4.02. The van der Waals surface area contributed by atoms with E-state index in [1.165, 1.54) is 11.2 Å². The number of nitrogens with zero attached hydrogens (tertiary/aromatic N) is 1. The van der Waals surface area contributed by atoms with Crippen LogP contribution in [0.4, 0.5) is 0 Å². The van der Waals surface area contributed by atoms with Crippen LogP contribution in [-0.4, -0.2) is 37.8 Å². The lowest BCUT2D eigenvalue weighted by molar-refractivity contribution is -0.119. The predicted molar refractivity (Wildman–Crippen MR) is 72.2 cm³/mol. The molecule has 0 aliphatic carbocycles. The van der Waals surface area contributed by atoms with E-state index in [-0.39, 0.29) is 11.9 Å². The molecule has 1 amide bonds. The lowest BCUT2D eigenvalue weighted by Crippen LogP contribution is -2.37. The summed E-state index contributed by atoms with van der Waals surface area (Å²) in [5.74, 6) is -0.125. The molecule has 1 aromatic carbocycles. The summed E-state index contributed by atoms with van der Waals surface area (Å²) >= 11 is 0. The van der Waals surface area contributed by atoms with Gasteiger partial charge < -0.3 is 5.32 Å². The third kappa shape index (κ3) is 2.96. The predicted octanol–water partition coefficient (Wildman–Crippen LogP) is 0.894. The molecule has 0 saturated carbocycles. The molecule has 19 heavy (non-hydrogen) atoms. The highest BCUT2D eigenvalue weighted by molar-refractivity contribution is 7.89. The Hall–Kier alpha value is -1.40. The van der Waals surface area contributed by atoms with E-state index >= 15 is 0 Å². The van der Waals surface area contributed by atoms with E-state index in [1.807, 2.05) is 6.07 Å². The highest BCUT2D eigenvalue weighted by Crippen LogP contribution is 2.23. The minimum atomic E-state index is -3.46. The molecule has 5 nitrogen and oxygen atoms in total. The third-order valence-corrected chi connectivity index (χ3v) is 5.30. The van der Waals surface area contributed by atoms with Crippen molar-refractivity contribution in [1.29, 1.82) is 0 Å². The Morgan fingerprint density at radius 1 is 1.37 bits per heavy atom. The van der Waals surface area contributed by atoms with Crippen LogP contribution >= 0.6 is 0 Å². The van der Waals surface area contributed by atoms with Crippen LogP contribution in [0.2, 0.25) is 0 Å². The molecule has 6 heteroatoms. The van der Waals surface area contributed by atoms with Gasteiger partial charge >= 0.3 is 0 Å². The summed E-state index contributed by atoms with van der Waals surface area (Å²) in [6, 6.07) is 6.86. The zero-order chi connectivity index (χ0) is 14.0. The molecule has 1 fully saturated rings. The second-order valence-electron chi connectivity index (χ2n) is 4.81. The van der Waals surface area contributed by atoms with Gasteiger partial charge in [0.25, 0.3) is 0 Å². The molecule has 1 aliphatic heterocycles. The fraction of sp³-hybridized carbons (Fsp3) is 0.462. The number of carbonyl (C=O) groups excluding carboxylic acids is 1. The van der Waals surface area contributed by atoms with Crippen molar-refractivity contribution in [2.45, 2.75) is 31.2 Å². The topological polar surface area (TPSA) is 66.5 Å². The monoisotopic (exact) mass is 282 g/mol. The van der Waals surface area contributed by atoms with E-state index in [2.05, 4.69) is 5.32 Å².